The van der Waals surface area contributed by atoms with Crippen molar-refractivity contribution in [3.8, 4) is 0 Å². The minimum Gasteiger partial charge on any atom is -0.295 e. The molecule has 0 bridgehead atoms. The maximum atomic E-state index is 11.8. The Bertz CT molecular complexity index is 523. The largest absolute Gasteiger partial charge is 0.295 e. The molecule has 104 valence electrons. The van der Waals surface area contributed by atoms with Gasteiger partial charge < -0.3 is 0 Å². The Balaban J connectivity index is 2.68. The average Bonchev–Trinajstić information content (AvgIpc) is 2.46. The zero-order valence-electron chi connectivity index (χ0n) is 13.3. The van der Waals surface area contributed by atoms with Crippen LogP contribution in [0.25, 0.3) is 0 Å². The molecular weight excluding hydrogens is 232 g/mol. The van der Waals surface area contributed by atoms with Gasteiger partial charge in [0.1, 0.15) is 0 Å². The number of carbonyl (C=O) groups is 1. The fourth-order valence-electron chi connectivity index (χ4n) is 4.06. The summed E-state index contributed by atoms with van der Waals surface area (Å²) in [5.41, 5.74) is 5.14. The van der Waals surface area contributed by atoms with E-state index in [1.807, 2.05) is 0 Å². The highest BCUT2D eigenvalue weighted by molar-refractivity contribution is 5.96. The molecule has 0 heterocycles. The molecule has 0 N–H and O–H groups in total. The van der Waals surface area contributed by atoms with Crippen LogP contribution in [0.3, 0.4) is 0 Å². The molecule has 1 aromatic rings. The molecule has 1 aromatic carbocycles. The highest BCUT2D eigenvalue weighted by Crippen LogP contribution is 2.57. The van der Waals surface area contributed by atoms with Gasteiger partial charge in [-0.25, -0.2) is 0 Å². The molecule has 0 spiro atoms. The number of benzene rings is 1. The number of ketones is 1. The van der Waals surface area contributed by atoms with Gasteiger partial charge in [0.15, 0.2) is 5.78 Å². The van der Waals surface area contributed by atoms with Crippen LogP contribution in [0.4, 0.5) is 0 Å². The summed E-state index contributed by atoms with van der Waals surface area (Å²) in [7, 11) is 0. The van der Waals surface area contributed by atoms with E-state index >= 15 is 0 Å². The van der Waals surface area contributed by atoms with Crippen molar-refractivity contribution in [1.29, 1.82) is 0 Å². The lowest BCUT2D eigenvalue weighted by molar-refractivity contribution is 0.101. The van der Waals surface area contributed by atoms with Crippen LogP contribution >= 0.6 is 0 Å². The smallest absolute Gasteiger partial charge is 0.160 e. The lowest BCUT2D eigenvalue weighted by Crippen LogP contribution is -2.24. The number of carbonyl (C=O) groups excluding carboxylic acids is 1. The molecule has 0 radical (unpaired) electrons. The molecule has 2 unspecified atom stereocenters. The topological polar surface area (TPSA) is 17.1 Å². The predicted octanol–water partition coefficient (Wildman–Crippen LogP) is 5.08. The first-order chi connectivity index (χ1) is 8.67. The Kier molecular flexibility index (Phi) is 3.36. The van der Waals surface area contributed by atoms with Crippen molar-refractivity contribution >= 4 is 5.78 Å². The van der Waals surface area contributed by atoms with Gasteiger partial charge in [0.25, 0.3) is 0 Å². The molecule has 1 aliphatic carbocycles. The molecule has 0 amide bonds. The van der Waals surface area contributed by atoms with Gasteiger partial charge in [0.05, 0.1) is 0 Å². The average molecular weight is 258 g/mol. The van der Waals surface area contributed by atoms with Gasteiger partial charge in [-0.15, -0.1) is 0 Å². The monoisotopic (exact) mass is 258 g/mol. The van der Waals surface area contributed by atoms with Crippen molar-refractivity contribution < 1.29 is 4.79 Å². The van der Waals surface area contributed by atoms with Gasteiger partial charge in [0.2, 0.25) is 0 Å². The van der Waals surface area contributed by atoms with Gasteiger partial charge in [0, 0.05) is 5.56 Å². The van der Waals surface area contributed by atoms with Crippen molar-refractivity contribution in [3.63, 3.8) is 0 Å². The molecule has 0 saturated carbocycles. The van der Waals surface area contributed by atoms with Gasteiger partial charge in [-0.3, -0.25) is 4.79 Å². The van der Waals surface area contributed by atoms with E-state index < -0.39 is 0 Å². The van der Waals surface area contributed by atoms with Gasteiger partial charge >= 0.3 is 0 Å². The Morgan fingerprint density at radius 2 is 1.79 bits per heavy atom. The van der Waals surface area contributed by atoms with Gasteiger partial charge in [-0.2, -0.15) is 0 Å². The van der Waals surface area contributed by atoms with E-state index in [0.29, 0.717) is 17.8 Å². The number of Topliss-reactive ketones (excluding diaryl/α,β-unsaturated/α-hetero) is 1. The van der Waals surface area contributed by atoms with Crippen LogP contribution < -0.4 is 0 Å². The molecule has 2 rings (SSSR count). The summed E-state index contributed by atoms with van der Waals surface area (Å²) >= 11 is 0. The third kappa shape index (κ3) is 2.04. The molecular formula is C18H26O. The van der Waals surface area contributed by atoms with E-state index in [1.165, 1.54) is 11.1 Å². The quantitative estimate of drug-likeness (QED) is 0.676. The Morgan fingerprint density at radius 3 is 2.26 bits per heavy atom. The van der Waals surface area contributed by atoms with Crippen molar-refractivity contribution in [2.45, 2.75) is 60.3 Å². The molecule has 0 fully saturated rings. The summed E-state index contributed by atoms with van der Waals surface area (Å²) in [5, 5.41) is 0. The highest BCUT2D eigenvalue weighted by atomic mass is 16.1. The Morgan fingerprint density at radius 1 is 1.21 bits per heavy atom. The first-order valence-corrected chi connectivity index (χ1v) is 7.33. The van der Waals surface area contributed by atoms with Crippen LogP contribution in [0.2, 0.25) is 0 Å². The van der Waals surface area contributed by atoms with E-state index in [-0.39, 0.29) is 11.2 Å². The van der Waals surface area contributed by atoms with Crippen molar-refractivity contribution in [2.24, 2.45) is 11.3 Å². The molecule has 1 aliphatic rings. The third-order valence-corrected chi connectivity index (χ3v) is 5.20. The lowest BCUT2D eigenvalue weighted by Gasteiger charge is -2.34. The maximum absolute atomic E-state index is 11.8. The van der Waals surface area contributed by atoms with E-state index in [9.17, 15) is 4.79 Å². The summed E-state index contributed by atoms with van der Waals surface area (Å²) in [5.74, 6) is 1.87. The maximum Gasteiger partial charge on any atom is 0.160 e. The van der Waals surface area contributed by atoms with E-state index in [0.717, 1.165) is 11.1 Å². The van der Waals surface area contributed by atoms with Crippen molar-refractivity contribution in [2.75, 3.05) is 0 Å². The lowest BCUT2D eigenvalue weighted by atomic mass is 9.70. The van der Waals surface area contributed by atoms with Gasteiger partial charge in [-0.1, -0.05) is 40.7 Å². The molecule has 0 saturated heterocycles. The predicted molar refractivity (Wildman–Crippen MR) is 81.0 cm³/mol. The fraction of sp³-hybridized carbons (Fsp3) is 0.611. The number of hydrogen-bond acceptors (Lipinski definition) is 1. The van der Waals surface area contributed by atoms with Crippen LogP contribution in [0.1, 0.15) is 80.4 Å². The second kappa shape index (κ2) is 4.47. The van der Waals surface area contributed by atoms with Crippen molar-refractivity contribution in [3.05, 3.63) is 34.4 Å². The fourth-order valence-corrected chi connectivity index (χ4v) is 4.06. The summed E-state index contributed by atoms with van der Waals surface area (Å²) in [6.07, 6.45) is 0. The minimum absolute atomic E-state index is 0.181. The van der Waals surface area contributed by atoms with Crippen LogP contribution in [0, 0.1) is 18.3 Å². The van der Waals surface area contributed by atoms with Crippen LogP contribution in [0.5, 0.6) is 0 Å². The standard InChI is InChI=1S/C18H26O/c1-10(2)17-16-9-14(13(5)19)11(3)8-15(16)12(4)18(17,6)7/h8-10,12,17H,1-7H3. The molecule has 0 aliphatic heterocycles. The molecule has 1 heteroatoms. The van der Waals surface area contributed by atoms with Crippen LogP contribution in [-0.4, -0.2) is 5.78 Å². The minimum atomic E-state index is 0.181. The zero-order valence-corrected chi connectivity index (χ0v) is 13.3. The highest BCUT2D eigenvalue weighted by Gasteiger charge is 2.46. The van der Waals surface area contributed by atoms with Crippen LogP contribution in [-0.2, 0) is 0 Å². The summed E-state index contributed by atoms with van der Waals surface area (Å²) in [6, 6.07) is 4.42. The summed E-state index contributed by atoms with van der Waals surface area (Å²) in [6.45, 7) is 15.4. The number of fused-ring (bicyclic) bond motifs is 1. The normalized spacial score (nSPS) is 24.6. The first kappa shape index (κ1) is 14.3. The van der Waals surface area contributed by atoms with Crippen molar-refractivity contribution in [1.82, 2.24) is 0 Å². The molecule has 2 atom stereocenters. The first-order valence-electron chi connectivity index (χ1n) is 7.33. The van der Waals surface area contributed by atoms with Crippen LogP contribution in [0.15, 0.2) is 12.1 Å². The second-order valence-corrected chi connectivity index (χ2v) is 7.12. The summed E-state index contributed by atoms with van der Waals surface area (Å²) < 4.78 is 0. The third-order valence-electron chi connectivity index (χ3n) is 5.20. The number of aryl methyl sites for hydroxylation is 1. The summed E-state index contributed by atoms with van der Waals surface area (Å²) in [4.78, 5) is 11.8. The number of rotatable bonds is 2. The Hall–Kier alpha value is -1.11. The molecule has 19 heavy (non-hydrogen) atoms. The van der Waals surface area contributed by atoms with E-state index in [1.54, 1.807) is 6.92 Å². The van der Waals surface area contributed by atoms with E-state index in [4.69, 9.17) is 0 Å². The molecule has 0 aromatic heterocycles. The van der Waals surface area contributed by atoms with E-state index in [2.05, 4.69) is 53.7 Å². The Labute approximate surface area is 117 Å². The molecule has 1 nitrogen and oxygen atoms in total. The number of hydrogen-bond donors (Lipinski definition) is 0. The SMILES string of the molecule is CC(=O)c1cc2c(cc1C)C(C)C(C)(C)C2C(C)C. The zero-order chi connectivity index (χ0) is 14.5. The van der Waals surface area contributed by atoms with Gasteiger partial charge in [-0.05, 0) is 59.8 Å². The second-order valence-electron chi connectivity index (χ2n) is 7.12.